The molecule has 1 N–H and O–H groups in total. The fourth-order valence-electron chi connectivity index (χ4n) is 1.81. The van der Waals surface area contributed by atoms with Gasteiger partial charge < -0.3 is 5.32 Å². The predicted octanol–water partition coefficient (Wildman–Crippen LogP) is 1.63. The molecule has 3 heteroatoms. The Labute approximate surface area is 101 Å². The number of nitrogens with one attached hydrogen (secondary N) is 1. The van der Waals surface area contributed by atoms with E-state index in [1.165, 1.54) is 11.1 Å². The van der Waals surface area contributed by atoms with Crippen LogP contribution in [0.1, 0.15) is 16.7 Å². The number of hydrogen-bond donors (Lipinski definition) is 1. The molecule has 3 nitrogen and oxygen atoms in total. The molecule has 1 unspecified atom stereocenters. The van der Waals surface area contributed by atoms with Crippen LogP contribution in [0.4, 0.5) is 0 Å². The Hall–Kier alpha value is -1.90. The van der Waals surface area contributed by atoms with Crippen LogP contribution in [0.2, 0.25) is 0 Å². The van der Waals surface area contributed by atoms with E-state index in [2.05, 4.69) is 12.2 Å². The highest BCUT2D eigenvalue weighted by atomic mass is 16.2. The van der Waals surface area contributed by atoms with E-state index < -0.39 is 5.92 Å². The highest BCUT2D eigenvalue weighted by molar-refractivity contribution is 6.10. The zero-order valence-corrected chi connectivity index (χ0v) is 9.99. The topological polar surface area (TPSA) is 46.2 Å². The zero-order valence-electron chi connectivity index (χ0n) is 9.99. The maximum atomic E-state index is 11.4. The number of hydrogen-bond acceptors (Lipinski definition) is 2. The molecule has 0 saturated carbocycles. The van der Waals surface area contributed by atoms with Crippen molar-refractivity contribution in [1.82, 2.24) is 5.32 Å². The second kappa shape index (κ2) is 4.53. The molecule has 0 aromatic heterocycles. The molecular weight excluding hydrogens is 214 g/mol. The molecule has 88 valence electrons. The molecule has 1 fully saturated rings. The first kappa shape index (κ1) is 11.6. The minimum atomic E-state index is -0.614. The fraction of sp³-hybridized carbons (Fsp3) is 0.286. The fourth-order valence-corrected chi connectivity index (χ4v) is 1.81. The second-order valence-electron chi connectivity index (χ2n) is 4.36. The van der Waals surface area contributed by atoms with Gasteiger partial charge in [0.15, 0.2) is 5.78 Å². The van der Waals surface area contributed by atoms with E-state index >= 15 is 0 Å². The van der Waals surface area contributed by atoms with Gasteiger partial charge in [-0.1, -0.05) is 30.4 Å². The number of benzene rings is 1. The largest absolute Gasteiger partial charge is 0.348 e. The Bertz CT molecular complexity index is 487. The van der Waals surface area contributed by atoms with Crippen molar-refractivity contribution in [3.63, 3.8) is 0 Å². The van der Waals surface area contributed by atoms with Crippen LogP contribution < -0.4 is 5.32 Å². The van der Waals surface area contributed by atoms with Crippen molar-refractivity contribution in [3.05, 3.63) is 41.0 Å². The van der Waals surface area contributed by atoms with Crippen LogP contribution in [0.3, 0.4) is 0 Å². The molecule has 2 rings (SSSR count). The van der Waals surface area contributed by atoms with Crippen molar-refractivity contribution in [2.75, 3.05) is 6.54 Å². The SMILES string of the molecule is Cc1ccc(/C=C/C2C(=O)CNC2=O)cc1C. The van der Waals surface area contributed by atoms with E-state index in [1.54, 1.807) is 6.08 Å². The summed E-state index contributed by atoms with van der Waals surface area (Å²) < 4.78 is 0. The third-order valence-corrected chi connectivity index (χ3v) is 3.08. The molecule has 1 aromatic carbocycles. The van der Waals surface area contributed by atoms with E-state index in [0.717, 1.165) is 5.56 Å². The zero-order chi connectivity index (χ0) is 12.4. The van der Waals surface area contributed by atoms with Gasteiger partial charge in [0.2, 0.25) is 5.91 Å². The molecule has 0 radical (unpaired) electrons. The summed E-state index contributed by atoms with van der Waals surface area (Å²) in [5.74, 6) is -0.873. The third kappa shape index (κ3) is 2.44. The molecule has 0 spiro atoms. The second-order valence-corrected chi connectivity index (χ2v) is 4.36. The maximum Gasteiger partial charge on any atom is 0.234 e. The minimum absolute atomic E-state index is 0.0601. The summed E-state index contributed by atoms with van der Waals surface area (Å²) in [7, 11) is 0. The quantitative estimate of drug-likeness (QED) is 0.783. The van der Waals surface area contributed by atoms with Gasteiger partial charge in [-0.2, -0.15) is 0 Å². The molecule has 1 aromatic rings. The van der Waals surface area contributed by atoms with Crippen molar-refractivity contribution in [3.8, 4) is 0 Å². The van der Waals surface area contributed by atoms with E-state index in [0.29, 0.717) is 0 Å². The average Bonchev–Trinajstić information content (AvgIpc) is 2.61. The molecule has 1 aliphatic rings. The first-order valence-electron chi connectivity index (χ1n) is 5.64. The Morgan fingerprint density at radius 3 is 2.59 bits per heavy atom. The Morgan fingerprint density at radius 1 is 1.24 bits per heavy atom. The van der Waals surface area contributed by atoms with Crippen molar-refractivity contribution in [2.24, 2.45) is 5.92 Å². The van der Waals surface area contributed by atoms with Crippen molar-refractivity contribution in [1.29, 1.82) is 0 Å². The summed E-state index contributed by atoms with van der Waals surface area (Å²) in [5.41, 5.74) is 3.45. The monoisotopic (exact) mass is 229 g/mol. The molecular formula is C14H15NO2. The van der Waals surface area contributed by atoms with E-state index in [9.17, 15) is 9.59 Å². The number of Topliss-reactive ketones (excluding diaryl/α,β-unsaturated/α-hetero) is 1. The summed E-state index contributed by atoms with van der Waals surface area (Å²) >= 11 is 0. The Kier molecular flexibility index (Phi) is 3.09. The van der Waals surface area contributed by atoms with Crippen molar-refractivity contribution in [2.45, 2.75) is 13.8 Å². The Balaban J connectivity index is 2.17. The lowest BCUT2D eigenvalue weighted by Gasteiger charge is -2.01. The van der Waals surface area contributed by atoms with Gasteiger partial charge in [0.1, 0.15) is 5.92 Å². The number of aryl methyl sites for hydroxylation is 2. The number of carbonyl (C=O) groups is 2. The number of carbonyl (C=O) groups excluding carboxylic acids is 2. The highest BCUT2D eigenvalue weighted by Gasteiger charge is 2.29. The van der Waals surface area contributed by atoms with Crippen LogP contribution in [0.25, 0.3) is 6.08 Å². The van der Waals surface area contributed by atoms with Gasteiger partial charge in [-0.05, 0) is 30.5 Å². The molecule has 1 atom stereocenters. The molecule has 0 bridgehead atoms. The molecule has 1 aliphatic heterocycles. The summed E-state index contributed by atoms with van der Waals surface area (Å²) in [5, 5.41) is 2.54. The van der Waals surface area contributed by atoms with Gasteiger partial charge >= 0.3 is 0 Å². The van der Waals surface area contributed by atoms with Gasteiger partial charge in [-0.25, -0.2) is 0 Å². The summed E-state index contributed by atoms with van der Waals surface area (Å²) in [6.07, 6.45) is 3.51. The molecule has 17 heavy (non-hydrogen) atoms. The van der Waals surface area contributed by atoms with Crippen molar-refractivity contribution < 1.29 is 9.59 Å². The predicted molar refractivity (Wildman–Crippen MR) is 66.5 cm³/mol. The molecule has 1 saturated heterocycles. The molecule has 1 heterocycles. The van der Waals surface area contributed by atoms with E-state index in [1.807, 2.05) is 31.2 Å². The van der Waals surface area contributed by atoms with Gasteiger partial charge in [-0.3, -0.25) is 9.59 Å². The molecule has 1 amide bonds. The summed E-state index contributed by atoms with van der Waals surface area (Å²) in [4.78, 5) is 22.7. The van der Waals surface area contributed by atoms with Crippen LogP contribution in [0.5, 0.6) is 0 Å². The average molecular weight is 229 g/mol. The van der Waals surface area contributed by atoms with Crippen LogP contribution in [-0.4, -0.2) is 18.2 Å². The van der Waals surface area contributed by atoms with E-state index in [4.69, 9.17) is 0 Å². The minimum Gasteiger partial charge on any atom is -0.348 e. The first-order chi connectivity index (χ1) is 8.08. The lowest BCUT2D eigenvalue weighted by atomic mass is 10.0. The van der Waals surface area contributed by atoms with Crippen LogP contribution >= 0.6 is 0 Å². The normalized spacial score (nSPS) is 20.0. The number of amides is 1. The van der Waals surface area contributed by atoms with E-state index in [-0.39, 0.29) is 18.2 Å². The lowest BCUT2D eigenvalue weighted by Crippen LogP contribution is -2.17. The van der Waals surface area contributed by atoms with Gasteiger partial charge in [0.25, 0.3) is 0 Å². The van der Waals surface area contributed by atoms with Crippen LogP contribution in [0, 0.1) is 19.8 Å². The van der Waals surface area contributed by atoms with Gasteiger partial charge in [0.05, 0.1) is 6.54 Å². The lowest BCUT2D eigenvalue weighted by molar-refractivity contribution is -0.125. The highest BCUT2D eigenvalue weighted by Crippen LogP contribution is 2.14. The van der Waals surface area contributed by atoms with Crippen molar-refractivity contribution >= 4 is 17.8 Å². The smallest absolute Gasteiger partial charge is 0.234 e. The summed E-state index contributed by atoms with van der Waals surface area (Å²) in [6, 6.07) is 6.06. The number of ketones is 1. The van der Waals surface area contributed by atoms with Crippen LogP contribution in [0.15, 0.2) is 24.3 Å². The standard InChI is InChI=1S/C14H15NO2/c1-9-3-4-11(7-10(9)2)5-6-12-13(16)8-15-14(12)17/h3-7,12H,8H2,1-2H3,(H,15,17)/b6-5+. The summed E-state index contributed by atoms with van der Waals surface area (Å²) in [6.45, 7) is 4.25. The Morgan fingerprint density at radius 2 is 2.00 bits per heavy atom. The molecule has 0 aliphatic carbocycles. The van der Waals surface area contributed by atoms with Gasteiger partial charge in [0, 0.05) is 0 Å². The first-order valence-corrected chi connectivity index (χ1v) is 5.64. The van der Waals surface area contributed by atoms with Crippen LogP contribution in [-0.2, 0) is 9.59 Å². The third-order valence-electron chi connectivity index (χ3n) is 3.08. The van der Waals surface area contributed by atoms with Gasteiger partial charge in [-0.15, -0.1) is 0 Å². The maximum absolute atomic E-state index is 11.4. The number of rotatable bonds is 2.